The van der Waals surface area contributed by atoms with Gasteiger partial charge in [-0.05, 0) is 26.5 Å². The molecule has 1 aromatic rings. The maximum Gasteiger partial charge on any atom is 0.123 e. The van der Waals surface area contributed by atoms with Crippen LogP contribution in [0.1, 0.15) is 25.8 Å². The average Bonchev–Trinajstić information content (AvgIpc) is 2.42. The number of hydrogen-bond acceptors (Lipinski definition) is 3. The average molecular weight is 250 g/mol. The van der Waals surface area contributed by atoms with E-state index in [-0.39, 0.29) is 0 Å². The smallest absolute Gasteiger partial charge is 0.123 e. The van der Waals surface area contributed by atoms with Crippen molar-refractivity contribution in [3.8, 4) is 5.75 Å². The summed E-state index contributed by atoms with van der Waals surface area (Å²) in [6, 6.07) is 8.80. The molecular weight excluding hydrogens is 224 g/mol. The molecule has 0 aromatic heterocycles. The van der Waals surface area contributed by atoms with Gasteiger partial charge in [0.2, 0.25) is 0 Å². The van der Waals surface area contributed by atoms with Crippen LogP contribution < -0.4 is 10.1 Å². The maximum absolute atomic E-state index is 5.33. The Morgan fingerprint density at radius 3 is 2.72 bits per heavy atom. The number of nitrogens with zero attached hydrogens (tertiary/aromatic N) is 1. The number of rotatable bonds is 8. The van der Waals surface area contributed by atoms with Crippen molar-refractivity contribution in [3.05, 3.63) is 29.8 Å². The molecule has 3 heteroatoms. The van der Waals surface area contributed by atoms with Crippen molar-refractivity contribution in [2.24, 2.45) is 0 Å². The highest BCUT2D eigenvalue weighted by molar-refractivity contribution is 5.32. The van der Waals surface area contributed by atoms with Crippen LogP contribution in [0.3, 0.4) is 0 Å². The number of nitrogens with one attached hydrogen (secondary N) is 1. The van der Waals surface area contributed by atoms with E-state index in [9.17, 15) is 0 Å². The van der Waals surface area contributed by atoms with Crippen molar-refractivity contribution < 1.29 is 4.74 Å². The van der Waals surface area contributed by atoms with Gasteiger partial charge in [0.15, 0.2) is 0 Å². The van der Waals surface area contributed by atoms with E-state index in [1.165, 1.54) is 12.0 Å². The summed E-state index contributed by atoms with van der Waals surface area (Å²) in [7, 11) is 3.90. The summed E-state index contributed by atoms with van der Waals surface area (Å²) >= 11 is 0. The van der Waals surface area contributed by atoms with Crippen LogP contribution in [-0.4, -0.2) is 38.2 Å². The first-order chi connectivity index (χ1) is 8.69. The molecule has 0 bridgehead atoms. The molecule has 0 amide bonds. The lowest BCUT2D eigenvalue weighted by Crippen LogP contribution is -2.34. The summed E-state index contributed by atoms with van der Waals surface area (Å²) in [4.78, 5) is 2.38. The lowest BCUT2D eigenvalue weighted by molar-refractivity contribution is 0.251. The molecule has 0 heterocycles. The third-order valence-corrected chi connectivity index (χ3v) is 3.49. The summed E-state index contributed by atoms with van der Waals surface area (Å²) in [5.41, 5.74) is 1.21. The number of likely N-dealkylation sites (N-methyl/N-ethyl adjacent to an activating group) is 1. The minimum absolute atomic E-state index is 0.651. The van der Waals surface area contributed by atoms with Gasteiger partial charge in [0.05, 0.1) is 7.11 Å². The number of benzene rings is 1. The second-order valence-electron chi connectivity index (χ2n) is 4.73. The highest BCUT2D eigenvalue weighted by atomic mass is 16.5. The molecule has 1 rings (SSSR count). The van der Waals surface area contributed by atoms with E-state index in [1.54, 1.807) is 7.11 Å². The van der Waals surface area contributed by atoms with E-state index in [4.69, 9.17) is 4.74 Å². The standard InChI is InChI=1S/C15H26N2O/c1-5-13(2)17(3)11-10-16-12-14-8-6-7-9-15(14)18-4/h6-9,13,16H,5,10-12H2,1-4H3. The lowest BCUT2D eigenvalue weighted by atomic mass is 10.2. The SMILES string of the molecule is CCC(C)N(C)CCNCc1ccccc1OC. The predicted octanol–water partition coefficient (Wildman–Crippen LogP) is 2.52. The monoisotopic (exact) mass is 250 g/mol. The zero-order valence-corrected chi connectivity index (χ0v) is 12.1. The van der Waals surface area contributed by atoms with Crippen molar-refractivity contribution in [1.82, 2.24) is 10.2 Å². The van der Waals surface area contributed by atoms with Crippen molar-refractivity contribution in [2.45, 2.75) is 32.9 Å². The molecule has 0 aliphatic carbocycles. The molecule has 102 valence electrons. The Morgan fingerprint density at radius 1 is 1.33 bits per heavy atom. The van der Waals surface area contributed by atoms with Crippen LogP contribution in [-0.2, 0) is 6.54 Å². The van der Waals surface area contributed by atoms with Gasteiger partial charge < -0.3 is 15.0 Å². The first-order valence-electron chi connectivity index (χ1n) is 6.71. The van der Waals surface area contributed by atoms with Crippen LogP contribution in [0.5, 0.6) is 5.75 Å². The van der Waals surface area contributed by atoms with Gasteiger partial charge in [0.1, 0.15) is 5.75 Å². The van der Waals surface area contributed by atoms with Gasteiger partial charge in [-0.2, -0.15) is 0 Å². The number of hydrogen-bond donors (Lipinski definition) is 1. The lowest BCUT2D eigenvalue weighted by Gasteiger charge is -2.23. The molecule has 0 saturated carbocycles. The number of para-hydroxylation sites is 1. The fraction of sp³-hybridized carbons (Fsp3) is 0.600. The first-order valence-corrected chi connectivity index (χ1v) is 6.71. The number of methoxy groups -OCH3 is 1. The van der Waals surface area contributed by atoms with Crippen molar-refractivity contribution in [1.29, 1.82) is 0 Å². The summed E-state index contributed by atoms with van der Waals surface area (Å²) in [5.74, 6) is 0.959. The van der Waals surface area contributed by atoms with Gasteiger partial charge in [0, 0.05) is 31.2 Å². The quantitative estimate of drug-likeness (QED) is 0.718. The molecule has 0 spiro atoms. The maximum atomic E-state index is 5.33. The molecule has 18 heavy (non-hydrogen) atoms. The highest BCUT2D eigenvalue weighted by Crippen LogP contribution is 2.16. The third-order valence-electron chi connectivity index (χ3n) is 3.49. The number of ether oxygens (including phenoxy) is 1. The Kier molecular flexibility index (Phi) is 6.76. The van der Waals surface area contributed by atoms with Crippen molar-refractivity contribution in [3.63, 3.8) is 0 Å². The first kappa shape index (κ1) is 15.0. The van der Waals surface area contributed by atoms with Crippen molar-refractivity contribution in [2.75, 3.05) is 27.2 Å². The Balaban J connectivity index is 2.29. The van der Waals surface area contributed by atoms with Gasteiger partial charge in [0.25, 0.3) is 0 Å². The minimum Gasteiger partial charge on any atom is -0.496 e. The molecule has 0 aliphatic rings. The predicted molar refractivity (Wildman–Crippen MR) is 77.1 cm³/mol. The highest BCUT2D eigenvalue weighted by Gasteiger charge is 2.06. The molecule has 1 unspecified atom stereocenters. The summed E-state index contributed by atoms with van der Waals surface area (Å²) in [6.45, 7) is 7.42. The molecule has 0 saturated heterocycles. The molecule has 1 aromatic carbocycles. The summed E-state index contributed by atoms with van der Waals surface area (Å²) in [6.07, 6.45) is 1.20. The normalized spacial score (nSPS) is 12.7. The van der Waals surface area contributed by atoms with Gasteiger partial charge in [-0.3, -0.25) is 0 Å². The molecule has 0 aliphatic heterocycles. The van der Waals surface area contributed by atoms with E-state index in [2.05, 4.69) is 37.2 Å². The molecule has 3 nitrogen and oxygen atoms in total. The van der Waals surface area contributed by atoms with Gasteiger partial charge in [-0.1, -0.05) is 25.1 Å². The zero-order valence-electron chi connectivity index (χ0n) is 12.1. The van der Waals surface area contributed by atoms with E-state index < -0.39 is 0 Å². The van der Waals surface area contributed by atoms with E-state index >= 15 is 0 Å². The van der Waals surface area contributed by atoms with Crippen LogP contribution in [0.4, 0.5) is 0 Å². The van der Waals surface area contributed by atoms with Crippen LogP contribution >= 0.6 is 0 Å². The molecule has 1 atom stereocenters. The Bertz CT molecular complexity index is 341. The molecule has 0 fully saturated rings. The molecule has 1 N–H and O–H groups in total. The van der Waals surface area contributed by atoms with E-state index in [0.717, 1.165) is 25.4 Å². The van der Waals surface area contributed by atoms with Crippen LogP contribution in [0, 0.1) is 0 Å². The Morgan fingerprint density at radius 2 is 2.06 bits per heavy atom. The van der Waals surface area contributed by atoms with Crippen LogP contribution in [0.15, 0.2) is 24.3 Å². The van der Waals surface area contributed by atoms with Gasteiger partial charge in [-0.25, -0.2) is 0 Å². The second-order valence-corrected chi connectivity index (χ2v) is 4.73. The summed E-state index contributed by atoms with van der Waals surface area (Å²) < 4.78 is 5.33. The van der Waals surface area contributed by atoms with Gasteiger partial charge >= 0.3 is 0 Å². The Hall–Kier alpha value is -1.06. The largest absolute Gasteiger partial charge is 0.496 e. The van der Waals surface area contributed by atoms with E-state index in [0.29, 0.717) is 6.04 Å². The second kappa shape index (κ2) is 8.11. The zero-order chi connectivity index (χ0) is 13.4. The fourth-order valence-electron chi connectivity index (χ4n) is 1.86. The van der Waals surface area contributed by atoms with E-state index in [1.807, 2.05) is 18.2 Å². The van der Waals surface area contributed by atoms with Gasteiger partial charge in [-0.15, -0.1) is 0 Å². The third kappa shape index (κ3) is 4.67. The van der Waals surface area contributed by atoms with Crippen LogP contribution in [0.2, 0.25) is 0 Å². The van der Waals surface area contributed by atoms with Crippen LogP contribution in [0.25, 0.3) is 0 Å². The Labute approximate surface area is 111 Å². The molecular formula is C15H26N2O. The minimum atomic E-state index is 0.651. The topological polar surface area (TPSA) is 24.5 Å². The molecule has 0 radical (unpaired) electrons. The van der Waals surface area contributed by atoms with Crippen molar-refractivity contribution >= 4 is 0 Å². The summed E-state index contributed by atoms with van der Waals surface area (Å²) in [5, 5.41) is 3.46. The fourth-order valence-corrected chi connectivity index (χ4v) is 1.86.